The maximum absolute atomic E-state index is 12.3. The molecule has 0 radical (unpaired) electrons. The number of amides is 1. The van der Waals surface area contributed by atoms with Crippen LogP contribution in [0.1, 0.15) is 30.6 Å². The van der Waals surface area contributed by atoms with Crippen molar-refractivity contribution in [2.75, 3.05) is 6.54 Å². The third kappa shape index (κ3) is 4.57. The summed E-state index contributed by atoms with van der Waals surface area (Å²) in [6.45, 7) is 6.32. The van der Waals surface area contributed by atoms with Crippen LogP contribution in [0.2, 0.25) is 0 Å². The molecule has 3 aromatic rings. The van der Waals surface area contributed by atoms with Gasteiger partial charge in [-0.25, -0.2) is 9.97 Å². The second kappa shape index (κ2) is 8.27. The summed E-state index contributed by atoms with van der Waals surface area (Å²) in [6, 6.07) is 7.73. The summed E-state index contributed by atoms with van der Waals surface area (Å²) < 4.78 is 1.97. The molecule has 0 bridgehead atoms. The van der Waals surface area contributed by atoms with Crippen molar-refractivity contribution in [3.05, 3.63) is 47.7 Å². The summed E-state index contributed by atoms with van der Waals surface area (Å²) in [6.07, 6.45) is 3.51. The maximum Gasteiger partial charge on any atom is 0.233 e. The summed E-state index contributed by atoms with van der Waals surface area (Å²) in [5, 5.41) is 11.7. The van der Waals surface area contributed by atoms with Crippen molar-refractivity contribution in [1.29, 1.82) is 0 Å². The minimum Gasteiger partial charge on any atom is -0.355 e. The first kappa shape index (κ1) is 18.3. The summed E-state index contributed by atoms with van der Waals surface area (Å²) in [7, 11) is 0. The van der Waals surface area contributed by atoms with Crippen molar-refractivity contribution in [2.45, 2.75) is 44.0 Å². The van der Waals surface area contributed by atoms with Gasteiger partial charge in [-0.05, 0) is 45.4 Å². The van der Waals surface area contributed by atoms with E-state index >= 15 is 0 Å². The lowest BCUT2D eigenvalue weighted by molar-refractivity contribution is -0.120. The lowest BCUT2D eigenvalue weighted by Gasteiger charge is -2.11. The first-order valence-corrected chi connectivity index (χ1v) is 9.46. The van der Waals surface area contributed by atoms with Gasteiger partial charge in [-0.3, -0.25) is 9.20 Å². The van der Waals surface area contributed by atoms with Crippen molar-refractivity contribution < 1.29 is 4.79 Å². The number of aromatic nitrogens is 5. The molecule has 1 N–H and O–H groups in total. The molecular formula is C18H22N6OS. The monoisotopic (exact) mass is 370 g/mol. The van der Waals surface area contributed by atoms with Crippen LogP contribution in [0.3, 0.4) is 0 Å². The van der Waals surface area contributed by atoms with Crippen molar-refractivity contribution in [2.24, 2.45) is 0 Å². The third-order valence-electron chi connectivity index (χ3n) is 3.87. The quantitative estimate of drug-likeness (QED) is 0.390. The molecule has 0 spiro atoms. The Morgan fingerprint density at radius 1 is 1.23 bits per heavy atom. The molecule has 3 rings (SSSR count). The van der Waals surface area contributed by atoms with E-state index in [1.165, 1.54) is 11.8 Å². The Kier molecular flexibility index (Phi) is 5.82. The van der Waals surface area contributed by atoms with Gasteiger partial charge in [0.2, 0.25) is 5.91 Å². The molecule has 136 valence electrons. The molecule has 1 atom stereocenters. The number of pyridine rings is 1. The Morgan fingerprint density at radius 2 is 2.00 bits per heavy atom. The van der Waals surface area contributed by atoms with Crippen LogP contribution in [-0.2, 0) is 11.2 Å². The summed E-state index contributed by atoms with van der Waals surface area (Å²) >= 11 is 1.38. The number of nitrogens with zero attached hydrogens (tertiary/aromatic N) is 5. The number of hydrogen-bond acceptors (Lipinski definition) is 6. The van der Waals surface area contributed by atoms with Crippen LogP contribution in [0.15, 0.2) is 35.6 Å². The van der Waals surface area contributed by atoms with Crippen LogP contribution in [0, 0.1) is 13.8 Å². The van der Waals surface area contributed by atoms with Crippen LogP contribution in [-0.4, -0.2) is 42.3 Å². The maximum atomic E-state index is 12.3. The van der Waals surface area contributed by atoms with Gasteiger partial charge >= 0.3 is 0 Å². The van der Waals surface area contributed by atoms with E-state index < -0.39 is 0 Å². The number of aryl methyl sites for hydroxylation is 3. The van der Waals surface area contributed by atoms with Crippen molar-refractivity contribution >= 4 is 23.3 Å². The average Bonchev–Trinajstić information content (AvgIpc) is 3.01. The summed E-state index contributed by atoms with van der Waals surface area (Å²) in [5.74, 6) is 0.893. The summed E-state index contributed by atoms with van der Waals surface area (Å²) in [5.41, 5.74) is 2.66. The number of thioether (sulfide) groups is 1. The molecular weight excluding hydrogens is 348 g/mol. The fourth-order valence-corrected chi connectivity index (χ4v) is 3.52. The van der Waals surface area contributed by atoms with Gasteiger partial charge < -0.3 is 5.32 Å². The predicted molar refractivity (Wildman–Crippen MR) is 101 cm³/mol. The van der Waals surface area contributed by atoms with E-state index in [9.17, 15) is 4.79 Å². The van der Waals surface area contributed by atoms with Crippen molar-refractivity contribution in [3.63, 3.8) is 0 Å². The second-order valence-electron chi connectivity index (χ2n) is 6.13. The van der Waals surface area contributed by atoms with Crippen LogP contribution < -0.4 is 5.32 Å². The molecule has 3 aromatic heterocycles. The van der Waals surface area contributed by atoms with Gasteiger partial charge in [0.25, 0.3) is 0 Å². The minimum atomic E-state index is -0.245. The second-order valence-corrected chi connectivity index (χ2v) is 7.44. The van der Waals surface area contributed by atoms with E-state index in [2.05, 4.69) is 25.5 Å². The van der Waals surface area contributed by atoms with Gasteiger partial charge in [0.1, 0.15) is 5.82 Å². The lowest BCUT2D eigenvalue weighted by Crippen LogP contribution is -2.32. The normalized spacial score (nSPS) is 12.3. The third-order valence-corrected chi connectivity index (χ3v) is 4.83. The molecule has 0 aliphatic rings. The molecule has 0 aliphatic heterocycles. The fourth-order valence-electron chi connectivity index (χ4n) is 2.62. The molecule has 0 unspecified atom stereocenters. The highest BCUT2D eigenvalue weighted by atomic mass is 32.2. The zero-order valence-corrected chi connectivity index (χ0v) is 16.0. The van der Waals surface area contributed by atoms with E-state index in [4.69, 9.17) is 0 Å². The fraction of sp³-hybridized carbons (Fsp3) is 0.389. The molecule has 0 aliphatic carbocycles. The van der Waals surface area contributed by atoms with Crippen LogP contribution >= 0.6 is 11.8 Å². The largest absolute Gasteiger partial charge is 0.355 e. The van der Waals surface area contributed by atoms with Crippen LogP contribution in [0.25, 0.3) is 5.65 Å². The van der Waals surface area contributed by atoms with Gasteiger partial charge in [0.15, 0.2) is 10.8 Å². The highest BCUT2D eigenvalue weighted by Crippen LogP contribution is 2.20. The van der Waals surface area contributed by atoms with Gasteiger partial charge in [0, 0.05) is 30.6 Å². The van der Waals surface area contributed by atoms with Crippen molar-refractivity contribution in [3.8, 4) is 0 Å². The number of hydrogen-bond donors (Lipinski definition) is 1. The molecule has 0 saturated heterocycles. The van der Waals surface area contributed by atoms with E-state index in [1.807, 2.05) is 55.6 Å². The number of carbonyl (C=O) groups is 1. The number of fused-ring (bicyclic) bond motifs is 1. The predicted octanol–water partition coefficient (Wildman–Crippen LogP) is 2.37. The molecule has 8 heteroatoms. The lowest BCUT2D eigenvalue weighted by atomic mass is 10.3. The van der Waals surface area contributed by atoms with Gasteiger partial charge in [-0.1, -0.05) is 17.8 Å². The highest BCUT2D eigenvalue weighted by Gasteiger charge is 2.16. The van der Waals surface area contributed by atoms with E-state index in [1.54, 1.807) is 0 Å². The zero-order chi connectivity index (χ0) is 18.5. The Balaban J connectivity index is 1.46. The molecule has 26 heavy (non-hydrogen) atoms. The van der Waals surface area contributed by atoms with Gasteiger partial charge in [-0.15, -0.1) is 10.2 Å². The Bertz CT molecular complexity index is 889. The molecule has 1 amide bonds. The number of nitrogens with one attached hydrogen (secondary N) is 1. The Labute approximate surface area is 156 Å². The minimum absolute atomic E-state index is 0.0103. The molecule has 7 nitrogen and oxygen atoms in total. The average molecular weight is 370 g/mol. The highest BCUT2D eigenvalue weighted by molar-refractivity contribution is 8.00. The van der Waals surface area contributed by atoms with Gasteiger partial charge in [-0.2, -0.15) is 0 Å². The molecule has 0 fully saturated rings. The SMILES string of the molecule is Cc1cc(C)nc(S[C@H](C)C(=O)NCCCc2nnc3ccccn23)n1. The van der Waals surface area contributed by atoms with E-state index in [0.29, 0.717) is 11.7 Å². The number of rotatable bonds is 7. The molecule has 0 aromatic carbocycles. The Morgan fingerprint density at radius 3 is 2.77 bits per heavy atom. The van der Waals surface area contributed by atoms with Crippen LogP contribution in [0.5, 0.6) is 0 Å². The molecule has 3 heterocycles. The van der Waals surface area contributed by atoms with Crippen LogP contribution in [0.4, 0.5) is 0 Å². The first-order valence-electron chi connectivity index (χ1n) is 8.58. The van der Waals surface area contributed by atoms with Crippen molar-refractivity contribution in [1.82, 2.24) is 29.9 Å². The molecule has 0 saturated carbocycles. The standard InChI is InChI=1S/C18H22N6OS/c1-12-11-13(2)21-18(20-12)26-14(3)17(25)19-9-6-8-16-23-22-15-7-4-5-10-24(15)16/h4-5,7,10-11,14H,6,8-9H2,1-3H3,(H,19,25)/t14-/m1/s1. The van der Waals surface area contributed by atoms with E-state index in [-0.39, 0.29) is 11.2 Å². The summed E-state index contributed by atoms with van der Waals surface area (Å²) in [4.78, 5) is 21.0. The topological polar surface area (TPSA) is 85.1 Å². The number of carbonyl (C=O) groups excluding carboxylic acids is 1. The van der Waals surface area contributed by atoms with Gasteiger partial charge in [0.05, 0.1) is 5.25 Å². The smallest absolute Gasteiger partial charge is 0.233 e. The Hall–Kier alpha value is -2.48. The van der Waals surface area contributed by atoms with E-state index in [0.717, 1.165) is 35.7 Å². The zero-order valence-electron chi connectivity index (χ0n) is 15.1. The first-order chi connectivity index (χ1) is 12.5.